The van der Waals surface area contributed by atoms with Gasteiger partial charge < -0.3 is 9.64 Å². The number of hydrogen-bond acceptors (Lipinski definition) is 7. The first-order valence-corrected chi connectivity index (χ1v) is 12.3. The van der Waals surface area contributed by atoms with Crippen LogP contribution in [0, 0.1) is 6.92 Å². The van der Waals surface area contributed by atoms with Crippen LogP contribution in [0.5, 0.6) is 0 Å². The summed E-state index contributed by atoms with van der Waals surface area (Å²) in [5.74, 6) is -0.0295. The smallest absolute Gasteiger partial charge is 0.416 e. The maximum Gasteiger partial charge on any atom is 0.416 e. The Labute approximate surface area is 225 Å². The van der Waals surface area contributed by atoms with Gasteiger partial charge in [-0.1, -0.05) is 5.10 Å². The number of anilines is 2. The van der Waals surface area contributed by atoms with Gasteiger partial charge in [0, 0.05) is 18.3 Å². The Hall–Kier alpha value is -3.91. The summed E-state index contributed by atoms with van der Waals surface area (Å²) in [5.41, 5.74) is -1.78. The van der Waals surface area contributed by atoms with Crippen LogP contribution < -0.4 is 9.80 Å². The van der Waals surface area contributed by atoms with Gasteiger partial charge >= 0.3 is 18.4 Å². The van der Waals surface area contributed by atoms with Gasteiger partial charge in [0.15, 0.2) is 0 Å². The molecule has 216 valence electrons. The highest BCUT2D eigenvalue weighted by Crippen LogP contribution is 2.42. The zero-order valence-electron chi connectivity index (χ0n) is 22.2. The van der Waals surface area contributed by atoms with Gasteiger partial charge in [0.2, 0.25) is 0 Å². The summed E-state index contributed by atoms with van der Waals surface area (Å²) in [6, 6.07) is 3.56. The fourth-order valence-corrected chi connectivity index (χ4v) is 4.62. The normalized spacial score (nSPS) is 17.6. The summed E-state index contributed by atoms with van der Waals surface area (Å²) >= 11 is 0. The molecule has 0 fully saturated rings. The summed E-state index contributed by atoms with van der Waals surface area (Å²) in [6.07, 6.45) is -10.8. The van der Waals surface area contributed by atoms with Crippen LogP contribution in [-0.2, 0) is 30.7 Å². The van der Waals surface area contributed by atoms with Crippen molar-refractivity contribution in [3.63, 3.8) is 0 Å². The molecule has 0 N–H and O–H groups in total. The van der Waals surface area contributed by atoms with Gasteiger partial charge in [-0.2, -0.15) is 31.1 Å². The number of halogens is 6. The number of carbonyl (C=O) groups excluding carboxylic acids is 1. The standard InChI is InChI=1S/C25H27F6N7O2/c1-13(2)40-23(39)38-15(4)8-20(21-19(38)7-6-14(3)32-21)37(22-33-35-36(5)34-22)12-16-9-17(24(26,27)28)11-18(10-16)25(29,30)31/h6-7,9-11,13,15,20H,8,12H2,1-5H3/t15-,20-/m1/s1. The van der Waals surface area contributed by atoms with E-state index in [-0.39, 0.29) is 24.0 Å². The minimum Gasteiger partial charge on any atom is -0.446 e. The van der Waals surface area contributed by atoms with E-state index in [1.165, 1.54) is 16.8 Å². The molecule has 2 atom stereocenters. The van der Waals surface area contributed by atoms with E-state index < -0.39 is 54.3 Å². The molecule has 1 aliphatic rings. The summed E-state index contributed by atoms with van der Waals surface area (Å²) < 4.78 is 86.9. The Bertz CT molecular complexity index is 1360. The predicted octanol–water partition coefficient (Wildman–Crippen LogP) is 5.84. The number of fused-ring (bicyclic) bond motifs is 1. The fraction of sp³-hybridized carbons (Fsp3) is 0.480. The minimum atomic E-state index is -5.01. The number of nitrogens with zero attached hydrogens (tertiary/aromatic N) is 7. The van der Waals surface area contributed by atoms with E-state index in [1.54, 1.807) is 39.8 Å². The number of aromatic nitrogens is 5. The lowest BCUT2D eigenvalue weighted by Crippen LogP contribution is -2.47. The zero-order valence-corrected chi connectivity index (χ0v) is 22.2. The molecule has 0 saturated carbocycles. The molecule has 9 nitrogen and oxygen atoms in total. The van der Waals surface area contributed by atoms with Crippen molar-refractivity contribution in [3.8, 4) is 0 Å². The Kier molecular flexibility index (Phi) is 7.69. The monoisotopic (exact) mass is 571 g/mol. The topological polar surface area (TPSA) is 89.3 Å². The van der Waals surface area contributed by atoms with Gasteiger partial charge in [0.25, 0.3) is 5.95 Å². The maximum absolute atomic E-state index is 13.6. The largest absolute Gasteiger partial charge is 0.446 e. The molecule has 1 aliphatic heterocycles. The minimum absolute atomic E-state index is 0.0295. The highest BCUT2D eigenvalue weighted by atomic mass is 19.4. The molecule has 0 radical (unpaired) electrons. The number of amides is 1. The van der Waals surface area contributed by atoms with Gasteiger partial charge in [-0.15, -0.1) is 5.10 Å². The van der Waals surface area contributed by atoms with E-state index >= 15 is 0 Å². The van der Waals surface area contributed by atoms with Crippen LogP contribution in [-0.4, -0.2) is 43.4 Å². The van der Waals surface area contributed by atoms with Crippen molar-refractivity contribution < 1.29 is 35.9 Å². The predicted molar refractivity (Wildman–Crippen MR) is 131 cm³/mol. The highest BCUT2D eigenvalue weighted by Gasteiger charge is 2.41. The van der Waals surface area contributed by atoms with Gasteiger partial charge in [0.05, 0.1) is 41.7 Å². The summed E-state index contributed by atoms with van der Waals surface area (Å²) in [6.45, 7) is 6.46. The summed E-state index contributed by atoms with van der Waals surface area (Å²) in [4.78, 5) is 21.6. The van der Waals surface area contributed by atoms with Crippen LogP contribution in [0.1, 0.15) is 61.3 Å². The molecule has 0 bridgehead atoms. The Balaban J connectivity index is 1.85. The maximum atomic E-state index is 13.6. The highest BCUT2D eigenvalue weighted by molar-refractivity contribution is 5.90. The number of ether oxygens (including phenoxy) is 1. The lowest BCUT2D eigenvalue weighted by molar-refractivity contribution is -0.143. The first-order valence-electron chi connectivity index (χ1n) is 12.3. The number of rotatable bonds is 5. The molecule has 1 aromatic carbocycles. The van der Waals surface area contributed by atoms with Crippen molar-refractivity contribution in [2.24, 2.45) is 7.05 Å². The molecular formula is C25H27F6N7O2. The molecule has 0 saturated heterocycles. The molecular weight excluding hydrogens is 544 g/mol. The molecule has 0 unspecified atom stereocenters. The second kappa shape index (κ2) is 10.6. The Morgan fingerprint density at radius 2 is 1.73 bits per heavy atom. The first-order chi connectivity index (χ1) is 18.5. The van der Waals surface area contributed by atoms with Crippen molar-refractivity contribution in [1.82, 2.24) is 25.2 Å². The lowest BCUT2D eigenvalue weighted by Gasteiger charge is -2.42. The van der Waals surface area contributed by atoms with E-state index in [2.05, 4.69) is 20.4 Å². The van der Waals surface area contributed by atoms with Crippen LogP contribution in [0.4, 0.5) is 42.8 Å². The van der Waals surface area contributed by atoms with Crippen molar-refractivity contribution in [3.05, 3.63) is 58.4 Å². The molecule has 2 aromatic heterocycles. The number of pyridine rings is 1. The fourth-order valence-electron chi connectivity index (χ4n) is 4.62. The first kappa shape index (κ1) is 29.1. The van der Waals surface area contributed by atoms with E-state index in [0.29, 0.717) is 29.2 Å². The second-order valence-electron chi connectivity index (χ2n) is 9.88. The van der Waals surface area contributed by atoms with Crippen molar-refractivity contribution in [1.29, 1.82) is 0 Å². The van der Waals surface area contributed by atoms with Crippen LogP contribution in [0.3, 0.4) is 0 Å². The number of hydrogen-bond donors (Lipinski definition) is 0. The van der Waals surface area contributed by atoms with Crippen molar-refractivity contribution in [2.45, 2.75) is 71.2 Å². The molecule has 3 aromatic rings. The number of carbonyl (C=O) groups is 1. The summed E-state index contributed by atoms with van der Waals surface area (Å²) in [7, 11) is 1.48. The molecule has 40 heavy (non-hydrogen) atoms. The van der Waals surface area contributed by atoms with Crippen LogP contribution >= 0.6 is 0 Å². The summed E-state index contributed by atoms with van der Waals surface area (Å²) in [5, 5.41) is 12.0. The van der Waals surface area contributed by atoms with Crippen LogP contribution in [0.25, 0.3) is 0 Å². The second-order valence-corrected chi connectivity index (χ2v) is 9.88. The quantitative estimate of drug-likeness (QED) is 0.356. The SMILES string of the molecule is Cc1ccc2c(n1)[C@H](N(Cc1cc(C(F)(F)F)cc(C(F)(F)F)c1)c1nnn(C)n1)C[C@@H](C)N2C(=O)OC(C)C. The zero-order chi connectivity index (χ0) is 29.6. The molecule has 1 amide bonds. The number of tetrazole rings is 1. The molecule has 0 aliphatic carbocycles. The Morgan fingerprint density at radius 1 is 1.10 bits per heavy atom. The van der Waals surface area contributed by atoms with Gasteiger partial charge in [-0.25, -0.2) is 4.79 Å². The van der Waals surface area contributed by atoms with E-state index in [0.717, 1.165) is 4.80 Å². The van der Waals surface area contributed by atoms with Crippen LogP contribution in [0.15, 0.2) is 30.3 Å². The number of benzene rings is 1. The van der Waals surface area contributed by atoms with Gasteiger partial charge in [-0.3, -0.25) is 9.88 Å². The molecule has 3 heterocycles. The third-order valence-corrected chi connectivity index (χ3v) is 6.29. The third kappa shape index (κ3) is 6.12. The number of aryl methyl sites for hydroxylation is 2. The lowest BCUT2D eigenvalue weighted by atomic mass is 9.94. The average molecular weight is 572 g/mol. The number of alkyl halides is 6. The van der Waals surface area contributed by atoms with Gasteiger partial charge in [0.1, 0.15) is 0 Å². The van der Waals surface area contributed by atoms with Gasteiger partial charge in [-0.05, 0) is 75.2 Å². The molecule has 15 heteroatoms. The third-order valence-electron chi connectivity index (χ3n) is 6.29. The Morgan fingerprint density at radius 3 is 2.25 bits per heavy atom. The average Bonchev–Trinajstić information content (AvgIpc) is 3.26. The van der Waals surface area contributed by atoms with E-state index in [1.807, 2.05) is 0 Å². The van der Waals surface area contributed by atoms with Crippen molar-refractivity contribution in [2.75, 3.05) is 9.80 Å². The van der Waals surface area contributed by atoms with Crippen molar-refractivity contribution >= 4 is 17.7 Å². The van der Waals surface area contributed by atoms with Crippen LogP contribution in [0.2, 0.25) is 0 Å². The molecule has 0 spiro atoms. The van der Waals surface area contributed by atoms with E-state index in [4.69, 9.17) is 4.74 Å². The molecule has 4 rings (SSSR count). The van der Waals surface area contributed by atoms with E-state index in [9.17, 15) is 31.1 Å².